The average molecular weight is 578 g/mol. The molecule has 0 aliphatic carbocycles. The fourth-order valence-electron chi connectivity index (χ4n) is 3.19. The largest absolute Gasteiger partial charge is 0.371 e. The van der Waals surface area contributed by atoms with E-state index in [0.29, 0.717) is 5.41 Å². The van der Waals surface area contributed by atoms with E-state index in [0.717, 1.165) is 11.8 Å². The fourth-order valence-corrected chi connectivity index (χ4v) is 3.19. The molecule has 1 heterocycles. The Morgan fingerprint density at radius 3 is 1.29 bits per heavy atom. The number of likely N-dealkylation sites (tertiary alicyclic amines) is 1. The predicted octanol–water partition coefficient (Wildman–Crippen LogP) is 14.6. The van der Waals surface area contributed by atoms with Crippen molar-refractivity contribution in [1.29, 1.82) is 0 Å². The molecule has 2 atom stereocenters. The number of hydrogen-bond donors (Lipinski definition) is 0. The summed E-state index contributed by atoms with van der Waals surface area (Å²) in [5.74, 6) is 1.88. The maximum atomic E-state index is 3.56. The Balaban J connectivity index is -0.000000108. The highest BCUT2D eigenvalue weighted by Gasteiger charge is 2.29. The van der Waals surface area contributed by atoms with Gasteiger partial charge in [-0.05, 0) is 85.1 Å². The molecule has 1 heteroatoms. The van der Waals surface area contributed by atoms with Crippen LogP contribution < -0.4 is 0 Å². The van der Waals surface area contributed by atoms with Gasteiger partial charge in [0.05, 0.1) is 0 Å². The second kappa shape index (κ2) is 36.5. The topological polar surface area (TPSA) is 3.24 Å². The van der Waals surface area contributed by atoms with Crippen molar-refractivity contribution in [3.8, 4) is 0 Å². The van der Waals surface area contributed by atoms with Gasteiger partial charge < -0.3 is 4.90 Å². The van der Waals surface area contributed by atoms with Crippen LogP contribution in [0.15, 0.2) is 59.4 Å². The third-order valence-electron chi connectivity index (χ3n) is 6.04. The molecule has 0 spiro atoms. The Bertz CT molecular complexity index is 622. The van der Waals surface area contributed by atoms with Crippen LogP contribution in [0.5, 0.6) is 0 Å². The smallest absolute Gasteiger partial charge is 0.0352 e. The minimum atomic E-state index is 0.462. The molecule has 0 bridgehead atoms. The van der Waals surface area contributed by atoms with Crippen molar-refractivity contribution in [1.82, 2.24) is 4.90 Å². The predicted molar refractivity (Wildman–Crippen MR) is 200 cm³/mol. The van der Waals surface area contributed by atoms with Gasteiger partial charge in [0.25, 0.3) is 0 Å². The quantitative estimate of drug-likeness (QED) is 0.205. The highest BCUT2D eigenvalue weighted by Crippen LogP contribution is 2.32. The molecule has 1 saturated heterocycles. The van der Waals surface area contributed by atoms with Crippen LogP contribution in [0.3, 0.4) is 0 Å². The van der Waals surface area contributed by atoms with Crippen molar-refractivity contribution in [2.75, 3.05) is 13.1 Å². The van der Waals surface area contributed by atoms with Crippen molar-refractivity contribution >= 4 is 0 Å². The molecule has 2 unspecified atom stereocenters. The Morgan fingerprint density at radius 1 is 0.732 bits per heavy atom. The molecule has 248 valence electrons. The van der Waals surface area contributed by atoms with Gasteiger partial charge in [-0.25, -0.2) is 0 Å². The summed E-state index contributed by atoms with van der Waals surface area (Å²) in [5, 5.41) is 0. The Kier molecular flexibility index (Phi) is 46.5. The molecule has 0 N–H and O–H groups in total. The molecule has 41 heavy (non-hydrogen) atoms. The second-order valence-corrected chi connectivity index (χ2v) is 12.1. The van der Waals surface area contributed by atoms with E-state index in [2.05, 4.69) is 106 Å². The van der Waals surface area contributed by atoms with E-state index in [-0.39, 0.29) is 0 Å². The molecule has 1 aliphatic rings. The SMILES string of the molecule is C=C(C)C.C=C(C)C.CC.CC.CC.CC=C(C)/C=C\C(=C(C)C)N1CCC(C)(C)C1.CCC(C)CCC(C)CC. The van der Waals surface area contributed by atoms with Crippen molar-refractivity contribution in [3.63, 3.8) is 0 Å². The summed E-state index contributed by atoms with van der Waals surface area (Å²) < 4.78 is 0. The number of rotatable bonds is 8. The van der Waals surface area contributed by atoms with Crippen molar-refractivity contribution < 1.29 is 0 Å². The van der Waals surface area contributed by atoms with E-state index in [9.17, 15) is 0 Å². The molecule has 0 aromatic rings. The lowest BCUT2D eigenvalue weighted by atomic mass is 9.93. The first kappa shape index (κ1) is 52.2. The number of allylic oxidation sites excluding steroid dienone is 7. The van der Waals surface area contributed by atoms with Crippen molar-refractivity contribution in [3.05, 3.63) is 59.4 Å². The minimum absolute atomic E-state index is 0.462. The second-order valence-electron chi connectivity index (χ2n) is 12.1. The zero-order valence-electron chi connectivity index (χ0n) is 32.7. The zero-order chi connectivity index (χ0) is 34.2. The van der Waals surface area contributed by atoms with E-state index in [4.69, 9.17) is 0 Å². The third-order valence-corrected chi connectivity index (χ3v) is 6.04. The molecular weight excluding hydrogens is 494 g/mol. The van der Waals surface area contributed by atoms with Crippen LogP contribution in [0.25, 0.3) is 0 Å². The maximum Gasteiger partial charge on any atom is 0.0352 e. The van der Waals surface area contributed by atoms with Crippen molar-refractivity contribution in [2.45, 2.75) is 171 Å². The van der Waals surface area contributed by atoms with Crippen LogP contribution in [-0.2, 0) is 0 Å². The molecule has 0 saturated carbocycles. The van der Waals surface area contributed by atoms with Gasteiger partial charge in [-0.15, -0.1) is 13.2 Å². The molecule has 0 radical (unpaired) electrons. The van der Waals surface area contributed by atoms with Gasteiger partial charge >= 0.3 is 0 Å². The molecule has 1 rings (SSSR count). The van der Waals surface area contributed by atoms with Gasteiger partial charge in [0.15, 0.2) is 0 Å². The lowest BCUT2D eigenvalue weighted by Crippen LogP contribution is -2.22. The van der Waals surface area contributed by atoms with Crippen molar-refractivity contribution in [2.24, 2.45) is 17.3 Å². The Hall–Kier alpha value is -1.50. The molecule has 0 amide bonds. The van der Waals surface area contributed by atoms with E-state index >= 15 is 0 Å². The number of hydrogen-bond acceptors (Lipinski definition) is 1. The van der Waals surface area contributed by atoms with Crippen LogP contribution in [0.1, 0.15) is 171 Å². The minimum Gasteiger partial charge on any atom is -0.371 e. The molecule has 1 aliphatic heterocycles. The van der Waals surface area contributed by atoms with Crippen LogP contribution in [0.2, 0.25) is 0 Å². The van der Waals surface area contributed by atoms with Crippen LogP contribution in [0.4, 0.5) is 0 Å². The monoisotopic (exact) mass is 578 g/mol. The first-order valence-electron chi connectivity index (χ1n) is 17.0. The van der Waals surface area contributed by atoms with Gasteiger partial charge in [-0.1, -0.05) is 143 Å². The zero-order valence-corrected chi connectivity index (χ0v) is 32.7. The van der Waals surface area contributed by atoms with Crippen LogP contribution >= 0.6 is 0 Å². The molecule has 1 nitrogen and oxygen atoms in total. The molecule has 0 aromatic heterocycles. The van der Waals surface area contributed by atoms with Gasteiger partial charge in [0.2, 0.25) is 0 Å². The summed E-state index contributed by atoms with van der Waals surface area (Å²) in [4.78, 5) is 2.52. The average Bonchev–Trinajstić information content (AvgIpc) is 3.28. The highest BCUT2D eigenvalue weighted by molar-refractivity contribution is 5.29. The third kappa shape index (κ3) is 45.7. The molecule has 1 fully saturated rings. The highest BCUT2D eigenvalue weighted by atomic mass is 15.2. The Labute approximate surface area is 264 Å². The van der Waals surface area contributed by atoms with E-state index < -0.39 is 0 Å². The Morgan fingerprint density at radius 2 is 1.07 bits per heavy atom. The summed E-state index contributed by atoms with van der Waals surface area (Å²) in [6, 6.07) is 0. The summed E-state index contributed by atoms with van der Waals surface area (Å²) in [6.45, 7) is 52.0. The normalized spacial score (nSPS) is 14.1. The van der Waals surface area contributed by atoms with E-state index in [1.54, 1.807) is 0 Å². The molecular formula is C40H83N. The summed E-state index contributed by atoms with van der Waals surface area (Å²) in [5.41, 5.74) is 6.92. The van der Waals surface area contributed by atoms with E-state index in [1.165, 1.54) is 73.2 Å². The van der Waals surface area contributed by atoms with Gasteiger partial charge in [-0.3, -0.25) is 0 Å². The lowest BCUT2D eigenvalue weighted by Gasteiger charge is -2.24. The lowest BCUT2D eigenvalue weighted by molar-refractivity contribution is 0.346. The maximum absolute atomic E-state index is 3.56. The van der Waals surface area contributed by atoms with Gasteiger partial charge in [0, 0.05) is 18.8 Å². The first-order chi connectivity index (χ1) is 19.0. The summed E-state index contributed by atoms with van der Waals surface area (Å²) in [7, 11) is 0. The number of nitrogens with zero attached hydrogens (tertiary/aromatic N) is 1. The summed E-state index contributed by atoms with van der Waals surface area (Å²) >= 11 is 0. The van der Waals surface area contributed by atoms with Gasteiger partial charge in [-0.2, -0.15) is 0 Å². The molecule has 0 aromatic carbocycles. The fraction of sp³-hybridized carbons (Fsp3) is 0.750. The van der Waals surface area contributed by atoms with E-state index in [1.807, 2.05) is 69.2 Å². The van der Waals surface area contributed by atoms with Crippen LogP contribution in [-0.4, -0.2) is 18.0 Å². The van der Waals surface area contributed by atoms with Crippen LogP contribution in [0, 0.1) is 17.3 Å². The standard InChI is InChI=1S/C16H27N.C10H22.2C4H8.3C2H6/c1-7-14(4)8-9-15(13(2)3)17-11-10-16(5,6)12-17;1-5-9(3)7-8-10(4)6-2;2*1-4(2)3;3*1-2/h7-9H,10-12H2,1-6H3;9-10H,5-8H2,1-4H3;2*1H2,2-3H3;3*1-2H3/b9-8-,14-7?;;;;;;. The summed E-state index contributed by atoms with van der Waals surface area (Å²) in [6.07, 6.45) is 13.5. The van der Waals surface area contributed by atoms with Gasteiger partial charge in [0.1, 0.15) is 0 Å². The first-order valence-corrected chi connectivity index (χ1v) is 17.0.